The molecule has 0 unspecified atom stereocenters. The van der Waals surface area contributed by atoms with Gasteiger partial charge in [0.1, 0.15) is 12.1 Å². The molecule has 3 aromatic carbocycles. The normalized spacial score (nSPS) is 18.1. The number of benzene rings is 3. The van der Waals surface area contributed by atoms with Crippen molar-refractivity contribution in [3.05, 3.63) is 108 Å². The minimum absolute atomic E-state index is 0.101. The van der Waals surface area contributed by atoms with Crippen LogP contribution in [0.5, 0.6) is 0 Å². The molecule has 0 saturated heterocycles. The van der Waals surface area contributed by atoms with Crippen LogP contribution in [0.3, 0.4) is 0 Å². The summed E-state index contributed by atoms with van der Waals surface area (Å²) in [6.07, 6.45) is 0.795. The molecule has 1 aliphatic rings. The van der Waals surface area contributed by atoms with Crippen molar-refractivity contribution >= 4 is 23.6 Å². The van der Waals surface area contributed by atoms with Crippen molar-refractivity contribution in [3.63, 3.8) is 0 Å². The molecule has 35 heavy (non-hydrogen) atoms. The Labute approximate surface area is 213 Å². The van der Waals surface area contributed by atoms with E-state index < -0.39 is 0 Å². The molecule has 0 aromatic heterocycles. The highest BCUT2D eigenvalue weighted by Crippen LogP contribution is 2.48. The topological polar surface area (TPSA) is 43.2 Å². The molecule has 4 rings (SSSR count). The van der Waals surface area contributed by atoms with Gasteiger partial charge in [0.05, 0.1) is 19.0 Å². The monoisotopic (exact) mass is 486 g/mol. The highest BCUT2D eigenvalue weighted by Gasteiger charge is 2.38. The highest BCUT2D eigenvalue weighted by atomic mass is 32.2. The van der Waals surface area contributed by atoms with Crippen molar-refractivity contribution in [2.24, 2.45) is 15.9 Å². The molecule has 1 aliphatic heterocycles. The second kappa shape index (κ2) is 11.6. The van der Waals surface area contributed by atoms with E-state index in [0.29, 0.717) is 11.8 Å². The van der Waals surface area contributed by atoms with E-state index >= 15 is 0 Å². The molecule has 0 bridgehead atoms. The van der Waals surface area contributed by atoms with Gasteiger partial charge >= 0.3 is 0 Å². The van der Waals surface area contributed by atoms with Crippen molar-refractivity contribution in [2.75, 3.05) is 20.0 Å². The predicted octanol–water partition coefficient (Wildman–Crippen LogP) is 6.60. The summed E-state index contributed by atoms with van der Waals surface area (Å²) < 4.78 is 11.0. The van der Waals surface area contributed by atoms with Gasteiger partial charge in [-0.25, -0.2) is 9.98 Å². The molecule has 0 amide bonds. The first kappa shape index (κ1) is 25.1. The van der Waals surface area contributed by atoms with Gasteiger partial charge in [-0.3, -0.25) is 0 Å². The number of methoxy groups -OCH3 is 2. The Morgan fingerprint density at radius 1 is 0.714 bits per heavy atom. The van der Waals surface area contributed by atoms with Crippen LogP contribution in [0.1, 0.15) is 37.0 Å². The van der Waals surface area contributed by atoms with Gasteiger partial charge in [-0.2, -0.15) is 0 Å². The van der Waals surface area contributed by atoms with E-state index in [0.717, 1.165) is 12.2 Å². The van der Waals surface area contributed by atoms with Gasteiger partial charge in [0, 0.05) is 0 Å². The number of hydrogen-bond donors (Lipinski definition) is 0. The maximum absolute atomic E-state index is 5.69. The Kier molecular flexibility index (Phi) is 8.29. The van der Waals surface area contributed by atoms with E-state index in [1.165, 1.54) is 16.7 Å². The summed E-state index contributed by atoms with van der Waals surface area (Å²) in [5.41, 5.74) is 3.77. The second-order valence-corrected chi connectivity index (χ2v) is 10.3. The lowest BCUT2D eigenvalue weighted by Gasteiger charge is -2.36. The Morgan fingerprint density at radius 2 is 1.17 bits per heavy atom. The molecule has 2 atom stereocenters. The molecular formula is C30H34N2O2S. The first-order valence-electron chi connectivity index (χ1n) is 12.1. The van der Waals surface area contributed by atoms with Crippen LogP contribution in [0.4, 0.5) is 0 Å². The molecule has 0 aliphatic carbocycles. The third-order valence-electron chi connectivity index (χ3n) is 6.39. The molecule has 0 spiro atoms. The molecule has 0 N–H and O–H groups in total. The fraction of sp³-hybridized carbons (Fsp3) is 0.333. The Balaban J connectivity index is 1.69. The van der Waals surface area contributed by atoms with Crippen LogP contribution in [0.2, 0.25) is 0 Å². The van der Waals surface area contributed by atoms with Crippen molar-refractivity contribution < 1.29 is 9.47 Å². The Hall–Kier alpha value is -3.05. The van der Waals surface area contributed by atoms with Crippen LogP contribution >= 0.6 is 11.8 Å². The number of hydrogen-bond acceptors (Lipinski definition) is 5. The van der Waals surface area contributed by atoms with Crippen molar-refractivity contribution in [3.8, 4) is 0 Å². The van der Waals surface area contributed by atoms with E-state index in [1.54, 1.807) is 14.2 Å². The molecule has 0 saturated carbocycles. The minimum atomic E-state index is -0.350. The molecule has 182 valence electrons. The molecule has 5 heteroatoms. The molecular weight excluding hydrogens is 452 g/mol. The number of ether oxygens (including phenoxy) is 2. The SMILES string of the molecule is COC1=N[C@H](C(C)C)C(OC)=N[C@@H]1CCSC(c1ccccc1)(c1ccccc1)c1ccccc1. The van der Waals surface area contributed by atoms with Crippen LogP contribution in [-0.4, -0.2) is 43.9 Å². The first-order chi connectivity index (χ1) is 17.1. The lowest BCUT2D eigenvalue weighted by Crippen LogP contribution is -2.38. The zero-order valence-electron chi connectivity index (χ0n) is 20.9. The third-order valence-corrected chi connectivity index (χ3v) is 7.97. The van der Waals surface area contributed by atoms with Crippen molar-refractivity contribution in [1.82, 2.24) is 0 Å². The smallest absolute Gasteiger partial charge is 0.209 e. The van der Waals surface area contributed by atoms with Crippen LogP contribution < -0.4 is 0 Å². The van der Waals surface area contributed by atoms with Gasteiger partial charge in [-0.05, 0) is 34.8 Å². The lowest BCUT2D eigenvalue weighted by atomic mass is 9.84. The second-order valence-electron chi connectivity index (χ2n) is 8.96. The zero-order valence-corrected chi connectivity index (χ0v) is 21.7. The Morgan fingerprint density at radius 3 is 1.57 bits per heavy atom. The summed E-state index contributed by atoms with van der Waals surface area (Å²) in [6.45, 7) is 4.25. The fourth-order valence-electron chi connectivity index (χ4n) is 4.64. The zero-order chi connectivity index (χ0) is 24.7. The average Bonchev–Trinajstić information content (AvgIpc) is 2.92. The van der Waals surface area contributed by atoms with E-state index in [4.69, 9.17) is 19.5 Å². The van der Waals surface area contributed by atoms with Crippen LogP contribution in [0, 0.1) is 5.92 Å². The molecule has 1 heterocycles. The standard InChI is InChI=1S/C30H34N2O2S/c1-22(2)27-29(34-4)31-26(28(32-27)33-3)20-21-35-30(23-14-8-5-9-15-23,24-16-10-6-11-17-24)25-18-12-7-13-19-25/h5-19,22,26-27H,20-21H2,1-4H3/t26-,27-/m1/s1. The summed E-state index contributed by atoms with van der Waals surface area (Å²) in [6, 6.07) is 32.0. The van der Waals surface area contributed by atoms with Gasteiger partial charge in [0.25, 0.3) is 0 Å². The number of thioether (sulfide) groups is 1. The largest absolute Gasteiger partial charge is 0.483 e. The molecule has 0 radical (unpaired) electrons. The number of nitrogens with zero attached hydrogens (tertiary/aromatic N) is 2. The predicted molar refractivity (Wildman–Crippen MR) is 148 cm³/mol. The van der Waals surface area contributed by atoms with Crippen LogP contribution in [0.15, 0.2) is 101 Å². The minimum Gasteiger partial charge on any atom is -0.483 e. The van der Waals surface area contributed by atoms with Crippen LogP contribution in [0.25, 0.3) is 0 Å². The maximum atomic E-state index is 5.69. The van der Waals surface area contributed by atoms with Gasteiger partial charge < -0.3 is 9.47 Å². The maximum Gasteiger partial charge on any atom is 0.209 e. The van der Waals surface area contributed by atoms with E-state index in [2.05, 4.69) is 105 Å². The van der Waals surface area contributed by atoms with Gasteiger partial charge in [-0.1, -0.05) is 105 Å². The van der Waals surface area contributed by atoms with Gasteiger partial charge in [-0.15, -0.1) is 11.8 Å². The lowest BCUT2D eigenvalue weighted by molar-refractivity contribution is 0.332. The van der Waals surface area contributed by atoms with Gasteiger partial charge in [0.15, 0.2) is 0 Å². The quantitative estimate of drug-likeness (QED) is 0.337. The molecule has 0 fully saturated rings. The number of aliphatic imine (C=N–C) groups is 2. The van der Waals surface area contributed by atoms with Crippen LogP contribution in [-0.2, 0) is 14.2 Å². The summed E-state index contributed by atoms with van der Waals surface area (Å²) in [5.74, 6) is 2.53. The molecule has 4 nitrogen and oxygen atoms in total. The first-order valence-corrected chi connectivity index (χ1v) is 13.1. The summed E-state index contributed by atoms with van der Waals surface area (Å²) >= 11 is 1.93. The summed E-state index contributed by atoms with van der Waals surface area (Å²) in [4.78, 5) is 9.77. The highest BCUT2D eigenvalue weighted by molar-refractivity contribution is 8.00. The summed E-state index contributed by atoms with van der Waals surface area (Å²) in [7, 11) is 3.37. The Bertz CT molecular complexity index is 1030. The third kappa shape index (κ3) is 5.30. The van der Waals surface area contributed by atoms with Crippen molar-refractivity contribution in [1.29, 1.82) is 0 Å². The van der Waals surface area contributed by atoms with E-state index in [-0.39, 0.29) is 22.7 Å². The van der Waals surface area contributed by atoms with E-state index in [9.17, 15) is 0 Å². The summed E-state index contributed by atoms with van der Waals surface area (Å²) in [5, 5.41) is 0. The van der Waals surface area contributed by atoms with Gasteiger partial charge in [0.2, 0.25) is 11.8 Å². The molecule has 3 aromatic rings. The number of rotatable bonds is 8. The fourth-order valence-corrected chi connectivity index (χ4v) is 6.20. The van der Waals surface area contributed by atoms with E-state index in [1.807, 2.05) is 11.8 Å². The average molecular weight is 487 g/mol. The van der Waals surface area contributed by atoms with Crippen molar-refractivity contribution in [2.45, 2.75) is 37.1 Å².